The van der Waals surface area contributed by atoms with Gasteiger partial charge in [0.1, 0.15) is 0 Å². The Balaban J connectivity index is 2.43. The van der Waals surface area contributed by atoms with Crippen molar-refractivity contribution in [3.8, 4) is 11.3 Å². The van der Waals surface area contributed by atoms with Crippen LogP contribution < -0.4 is 0 Å². The summed E-state index contributed by atoms with van der Waals surface area (Å²) in [6.45, 7) is 0. The van der Waals surface area contributed by atoms with Gasteiger partial charge in [-0.1, -0.05) is 0 Å². The average molecular weight is 162 g/mol. The van der Waals surface area contributed by atoms with Crippen LogP contribution in [0.4, 0.5) is 4.39 Å². The van der Waals surface area contributed by atoms with Crippen molar-refractivity contribution in [3.63, 3.8) is 0 Å². The summed E-state index contributed by atoms with van der Waals surface area (Å²) < 4.78 is 12.4. The van der Waals surface area contributed by atoms with Crippen LogP contribution in [-0.2, 0) is 0 Å². The van der Waals surface area contributed by atoms with Crippen LogP contribution in [0.1, 0.15) is 0 Å². The van der Waals surface area contributed by atoms with E-state index in [1.165, 1.54) is 12.3 Å². The minimum Gasteiger partial charge on any atom is -0.341 e. The van der Waals surface area contributed by atoms with E-state index in [0.29, 0.717) is 5.69 Å². The Bertz CT molecular complexity index is 352. The van der Waals surface area contributed by atoms with Crippen molar-refractivity contribution < 1.29 is 4.39 Å². The third-order valence-corrected chi connectivity index (χ3v) is 1.47. The van der Waals surface area contributed by atoms with Crippen LogP contribution in [0.15, 0.2) is 24.5 Å². The molecule has 0 bridgehead atoms. The summed E-state index contributed by atoms with van der Waals surface area (Å²) in [5.41, 5.74) is 1.48. The molecular weight excluding hydrogens is 157 g/mol. The molecule has 0 unspecified atom stereocenters. The molecule has 2 heterocycles. The number of imidazole rings is 1. The molecule has 0 aliphatic rings. The first kappa shape index (κ1) is 6.97. The Labute approximate surface area is 68.3 Å². The van der Waals surface area contributed by atoms with Crippen LogP contribution in [0.5, 0.6) is 0 Å². The topological polar surface area (TPSA) is 41.6 Å². The molecule has 0 saturated heterocycles. The number of H-pyrrole nitrogens is 1. The van der Waals surface area contributed by atoms with Crippen molar-refractivity contribution in [1.82, 2.24) is 15.0 Å². The minimum absolute atomic E-state index is 0.488. The molecule has 0 fully saturated rings. The SMILES string of the molecule is Fc1ccc(-c2c[nH][c]n2)cn1. The predicted octanol–water partition coefficient (Wildman–Crippen LogP) is 1.41. The summed E-state index contributed by atoms with van der Waals surface area (Å²) in [6.07, 6.45) is 5.65. The highest BCUT2D eigenvalue weighted by Crippen LogP contribution is 2.13. The number of nitrogens with zero attached hydrogens (tertiary/aromatic N) is 2. The molecule has 2 aromatic rings. The van der Waals surface area contributed by atoms with Gasteiger partial charge in [0.05, 0.1) is 5.69 Å². The molecule has 0 spiro atoms. The second-order valence-corrected chi connectivity index (χ2v) is 2.27. The van der Waals surface area contributed by atoms with Crippen LogP contribution in [0.25, 0.3) is 11.3 Å². The van der Waals surface area contributed by atoms with E-state index in [1.54, 1.807) is 12.3 Å². The highest BCUT2D eigenvalue weighted by atomic mass is 19.1. The number of halogens is 1. The fourth-order valence-corrected chi connectivity index (χ4v) is 0.901. The molecule has 0 aliphatic carbocycles. The predicted molar refractivity (Wildman–Crippen MR) is 40.6 cm³/mol. The maximum atomic E-state index is 12.4. The highest BCUT2D eigenvalue weighted by Gasteiger charge is 1.99. The molecule has 59 valence electrons. The Hall–Kier alpha value is -1.71. The van der Waals surface area contributed by atoms with Gasteiger partial charge in [0.2, 0.25) is 5.95 Å². The molecule has 1 radical (unpaired) electrons. The van der Waals surface area contributed by atoms with Crippen molar-refractivity contribution in [1.29, 1.82) is 0 Å². The maximum Gasteiger partial charge on any atom is 0.212 e. The number of rotatable bonds is 1. The van der Waals surface area contributed by atoms with E-state index in [1.807, 2.05) is 0 Å². The molecule has 1 N–H and O–H groups in total. The first-order chi connectivity index (χ1) is 5.86. The minimum atomic E-state index is -0.488. The van der Waals surface area contributed by atoms with Crippen molar-refractivity contribution in [2.75, 3.05) is 0 Å². The number of nitrogens with one attached hydrogen (secondary N) is 1. The first-order valence-electron chi connectivity index (χ1n) is 3.39. The third-order valence-electron chi connectivity index (χ3n) is 1.47. The Morgan fingerprint density at radius 2 is 2.33 bits per heavy atom. The van der Waals surface area contributed by atoms with Crippen molar-refractivity contribution in [2.24, 2.45) is 0 Å². The second kappa shape index (κ2) is 2.73. The molecule has 2 rings (SSSR count). The highest BCUT2D eigenvalue weighted by molar-refractivity contribution is 5.55. The molecule has 3 nitrogen and oxygen atoms in total. The molecular formula is C8H5FN3. The summed E-state index contributed by atoms with van der Waals surface area (Å²) in [7, 11) is 0. The summed E-state index contributed by atoms with van der Waals surface area (Å²) in [6, 6.07) is 2.91. The molecule has 0 aromatic carbocycles. The van der Waals surface area contributed by atoms with Crippen LogP contribution >= 0.6 is 0 Å². The van der Waals surface area contributed by atoms with E-state index >= 15 is 0 Å². The van der Waals surface area contributed by atoms with E-state index < -0.39 is 5.95 Å². The van der Waals surface area contributed by atoms with E-state index in [2.05, 4.69) is 21.3 Å². The molecule has 12 heavy (non-hydrogen) atoms. The van der Waals surface area contributed by atoms with Gasteiger partial charge in [-0.3, -0.25) is 0 Å². The zero-order chi connectivity index (χ0) is 8.39. The molecule has 0 saturated carbocycles. The molecule has 0 atom stereocenters. The fourth-order valence-electron chi connectivity index (χ4n) is 0.901. The lowest BCUT2D eigenvalue weighted by Crippen LogP contribution is -1.82. The van der Waals surface area contributed by atoms with Crippen molar-refractivity contribution in [3.05, 3.63) is 36.8 Å². The summed E-state index contributed by atoms with van der Waals surface area (Å²) >= 11 is 0. The smallest absolute Gasteiger partial charge is 0.212 e. The van der Waals surface area contributed by atoms with E-state index in [9.17, 15) is 4.39 Å². The molecule has 2 aromatic heterocycles. The maximum absolute atomic E-state index is 12.4. The lowest BCUT2D eigenvalue weighted by atomic mass is 10.2. The van der Waals surface area contributed by atoms with E-state index in [0.717, 1.165) is 5.56 Å². The Kier molecular flexibility index (Phi) is 1.59. The largest absolute Gasteiger partial charge is 0.341 e. The molecule has 0 aliphatic heterocycles. The molecule has 4 heteroatoms. The monoisotopic (exact) mass is 162 g/mol. The van der Waals surface area contributed by atoms with Gasteiger partial charge >= 0.3 is 0 Å². The van der Waals surface area contributed by atoms with Gasteiger partial charge in [-0.25, -0.2) is 9.97 Å². The number of pyridine rings is 1. The molecule has 0 amide bonds. The average Bonchev–Trinajstić information content (AvgIpc) is 2.58. The van der Waals surface area contributed by atoms with Crippen LogP contribution in [0.2, 0.25) is 0 Å². The summed E-state index contributed by atoms with van der Waals surface area (Å²) in [4.78, 5) is 10.1. The van der Waals surface area contributed by atoms with Crippen LogP contribution in [-0.4, -0.2) is 15.0 Å². The van der Waals surface area contributed by atoms with Crippen LogP contribution in [0.3, 0.4) is 0 Å². The zero-order valence-corrected chi connectivity index (χ0v) is 6.08. The number of aromatic amines is 1. The van der Waals surface area contributed by atoms with Gasteiger partial charge in [0.25, 0.3) is 0 Å². The van der Waals surface area contributed by atoms with E-state index in [-0.39, 0.29) is 0 Å². The van der Waals surface area contributed by atoms with Gasteiger partial charge in [-0.2, -0.15) is 4.39 Å². The number of aromatic nitrogens is 3. The summed E-state index contributed by atoms with van der Waals surface area (Å²) in [5.74, 6) is -0.488. The van der Waals surface area contributed by atoms with E-state index in [4.69, 9.17) is 0 Å². The quantitative estimate of drug-likeness (QED) is 0.644. The van der Waals surface area contributed by atoms with Gasteiger partial charge in [0.15, 0.2) is 6.33 Å². The Morgan fingerprint density at radius 1 is 1.42 bits per heavy atom. The van der Waals surface area contributed by atoms with Gasteiger partial charge < -0.3 is 4.98 Å². The van der Waals surface area contributed by atoms with Gasteiger partial charge in [0, 0.05) is 18.0 Å². The first-order valence-corrected chi connectivity index (χ1v) is 3.39. The third kappa shape index (κ3) is 1.18. The normalized spacial score (nSPS) is 10.1. The van der Waals surface area contributed by atoms with Crippen molar-refractivity contribution >= 4 is 0 Å². The van der Waals surface area contributed by atoms with Gasteiger partial charge in [-0.15, -0.1) is 0 Å². The lowest BCUT2D eigenvalue weighted by Gasteiger charge is -1.93. The van der Waals surface area contributed by atoms with Crippen molar-refractivity contribution in [2.45, 2.75) is 0 Å². The fraction of sp³-hybridized carbons (Fsp3) is 0. The Morgan fingerprint density at radius 3 is 2.92 bits per heavy atom. The number of hydrogen-bond donors (Lipinski definition) is 1. The number of hydrogen-bond acceptors (Lipinski definition) is 2. The van der Waals surface area contributed by atoms with Crippen LogP contribution in [0, 0.1) is 12.3 Å². The standard InChI is InChI=1S/C8H5FN3/c9-8-2-1-6(3-11-8)7-4-10-5-12-7/h1-4H,(H,10,12). The summed E-state index contributed by atoms with van der Waals surface area (Å²) in [5, 5.41) is 0. The lowest BCUT2D eigenvalue weighted by molar-refractivity contribution is 0.584. The zero-order valence-electron chi connectivity index (χ0n) is 6.08. The second-order valence-electron chi connectivity index (χ2n) is 2.27. The van der Waals surface area contributed by atoms with Gasteiger partial charge in [-0.05, 0) is 12.1 Å².